The first kappa shape index (κ1) is 13.7. The number of aromatic nitrogens is 2. The SMILES string of the molecule is Cn1c(CCC(=O)O)nc(-c2ccccc2F)c1Br. The standard InChI is InChI=1S/C13H12BrFN2O2/c1-17-10(6-7-11(18)19)16-12(13(17)14)8-4-2-3-5-9(8)15/h2-5H,6-7H2,1H3,(H,18,19). The molecule has 6 heteroatoms. The summed E-state index contributed by atoms with van der Waals surface area (Å²) in [7, 11) is 1.76. The number of carboxylic acid groups (broad SMARTS) is 1. The van der Waals surface area contributed by atoms with Gasteiger partial charge in [0.25, 0.3) is 0 Å². The van der Waals surface area contributed by atoms with E-state index in [9.17, 15) is 9.18 Å². The molecule has 0 saturated heterocycles. The van der Waals surface area contributed by atoms with Crippen molar-refractivity contribution in [3.05, 3.63) is 40.5 Å². The highest BCUT2D eigenvalue weighted by Gasteiger charge is 2.17. The maximum atomic E-state index is 13.7. The third-order valence-corrected chi connectivity index (χ3v) is 3.72. The van der Waals surface area contributed by atoms with Crippen molar-refractivity contribution in [2.24, 2.45) is 7.05 Å². The highest BCUT2D eigenvalue weighted by molar-refractivity contribution is 9.10. The van der Waals surface area contributed by atoms with Crippen LogP contribution in [0.4, 0.5) is 4.39 Å². The lowest BCUT2D eigenvalue weighted by atomic mass is 10.1. The van der Waals surface area contributed by atoms with Crippen LogP contribution in [-0.4, -0.2) is 20.6 Å². The number of imidazole rings is 1. The average molecular weight is 327 g/mol. The quantitative estimate of drug-likeness (QED) is 0.939. The van der Waals surface area contributed by atoms with Crippen LogP contribution in [0.2, 0.25) is 0 Å². The van der Waals surface area contributed by atoms with Crippen molar-refractivity contribution in [2.75, 3.05) is 0 Å². The Morgan fingerprint density at radius 3 is 2.79 bits per heavy atom. The lowest BCUT2D eigenvalue weighted by Crippen LogP contribution is -2.03. The molecule has 1 aromatic carbocycles. The van der Waals surface area contributed by atoms with E-state index < -0.39 is 5.97 Å². The van der Waals surface area contributed by atoms with Crippen molar-refractivity contribution in [1.29, 1.82) is 0 Å². The van der Waals surface area contributed by atoms with E-state index in [0.29, 0.717) is 28.1 Å². The van der Waals surface area contributed by atoms with Crippen LogP contribution in [0.25, 0.3) is 11.3 Å². The van der Waals surface area contributed by atoms with Gasteiger partial charge in [-0.3, -0.25) is 4.79 Å². The molecule has 1 N–H and O–H groups in total. The molecule has 0 unspecified atom stereocenters. The highest BCUT2D eigenvalue weighted by Crippen LogP contribution is 2.30. The minimum Gasteiger partial charge on any atom is -0.481 e. The molecule has 0 radical (unpaired) electrons. The number of aliphatic carboxylic acids is 1. The monoisotopic (exact) mass is 326 g/mol. The summed E-state index contributed by atoms with van der Waals surface area (Å²) >= 11 is 3.37. The van der Waals surface area contributed by atoms with E-state index in [1.807, 2.05) is 0 Å². The van der Waals surface area contributed by atoms with Gasteiger partial charge in [-0.05, 0) is 28.1 Å². The highest BCUT2D eigenvalue weighted by atomic mass is 79.9. The van der Waals surface area contributed by atoms with E-state index in [1.165, 1.54) is 6.07 Å². The number of hydrogen-bond donors (Lipinski definition) is 1. The molecule has 0 saturated carbocycles. The van der Waals surface area contributed by atoms with Crippen molar-refractivity contribution in [1.82, 2.24) is 9.55 Å². The van der Waals surface area contributed by atoms with Gasteiger partial charge >= 0.3 is 5.97 Å². The second-order valence-electron chi connectivity index (χ2n) is 4.10. The number of carbonyl (C=O) groups is 1. The molecule has 100 valence electrons. The van der Waals surface area contributed by atoms with Gasteiger partial charge < -0.3 is 9.67 Å². The second-order valence-corrected chi connectivity index (χ2v) is 4.85. The number of carboxylic acids is 1. The number of nitrogens with zero attached hydrogens (tertiary/aromatic N) is 2. The average Bonchev–Trinajstić information content (AvgIpc) is 2.65. The summed E-state index contributed by atoms with van der Waals surface area (Å²) in [5, 5.41) is 8.69. The van der Waals surface area contributed by atoms with Crippen LogP contribution < -0.4 is 0 Å². The first-order valence-corrected chi connectivity index (χ1v) is 6.47. The fourth-order valence-electron chi connectivity index (χ4n) is 1.79. The maximum absolute atomic E-state index is 13.7. The normalized spacial score (nSPS) is 10.7. The van der Waals surface area contributed by atoms with Crippen LogP contribution in [0.3, 0.4) is 0 Å². The van der Waals surface area contributed by atoms with Gasteiger partial charge in [0.15, 0.2) is 0 Å². The van der Waals surface area contributed by atoms with Crippen molar-refractivity contribution >= 4 is 21.9 Å². The van der Waals surface area contributed by atoms with Gasteiger partial charge in [-0.1, -0.05) is 12.1 Å². The maximum Gasteiger partial charge on any atom is 0.303 e. The Kier molecular flexibility index (Phi) is 3.99. The first-order chi connectivity index (χ1) is 9.00. The first-order valence-electron chi connectivity index (χ1n) is 5.68. The molecule has 0 aliphatic rings. The number of rotatable bonds is 4. The summed E-state index contributed by atoms with van der Waals surface area (Å²) in [4.78, 5) is 14.9. The fraction of sp³-hybridized carbons (Fsp3) is 0.231. The Bertz CT molecular complexity index is 625. The zero-order valence-electron chi connectivity index (χ0n) is 10.2. The molecule has 1 aromatic heterocycles. The van der Waals surface area contributed by atoms with Crippen molar-refractivity contribution in [2.45, 2.75) is 12.8 Å². The predicted octanol–water partition coefficient (Wildman–Crippen LogP) is 3.01. The van der Waals surface area contributed by atoms with Gasteiger partial charge in [-0.2, -0.15) is 0 Å². The molecular weight excluding hydrogens is 315 g/mol. The summed E-state index contributed by atoms with van der Waals surface area (Å²) in [6.45, 7) is 0. The Hall–Kier alpha value is -1.69. The zero-order chi connectivity index (χ0) is 14.0. The molecule has 4 nitrogen and oxygen atoms in total. The van der Waals surface area contributed by atoms with Gasteiger partial charge in [-0.25, -0.2) is 9.37 Å². The zero-order valence-corrected chi connectivity index (χ0v) is 11.8. The van der Waals surface area contributed by atoms with Crippen LogP contribution in [0, 0.1) is 5.82 Å². The summed E-state index contributed by atoms with van der Waals surface area (Å²) in [6, 6.07) is 6.36. The third kappa shape index (κ3) is 2.84. The molecule has 0 spiro atoms. The summed E-state index contributed by atoms with van der Waals surface area (Å²) in [5.74, 6) is -0.634. The molecule has 2 rings (SSSR count). The second kappa shape index (κ2) is 5.52. The summed E-state index contributed by atoms with van der Waals surface area (Å²) < 4.78 is 16.1. The number of halogens is 2. The largest absolute Gasteiger partial charge is 0.481 e. The molecule has 0 fully saturated rings. The number of benzene rings is 1. The van der Waals surface area contributed by atoms with E-state index in [1.54, 1.807) is 29.8 Å². The van der Waals surface area contributed by atoms with Crippen LogP contribution in [0.5, 0.6) is 0 Å². The fourth-order valence-corrected chi connectivity index (χ4v) is 2.30. The van der Waals surface area contributed by atoms with E-state index in [0.717, 1.165) is 0 Å². The van der Waals surface area contributed by atoms with Crippen LogP contribution >= 0.6 is 15.9 Å². The molecule has 1 heterocycles. The Morgan fingerprint density at radius 2 is 2.16 bits per heavy atom. The Labute approximate surface area is 118 Å². The minimum atomic E-state index is -0.883. The van der Waals surface area contributed by atoms with E-state index >= 15 is 0 Å². The molecule has 0 aliphatic carbocycles. The van der Waals surface area contributed by atoms with Gasteiger partial charge in [0.2, 0.25) is 0 Å². The summed E-state index contributed by atoms with van der Waals surface area (Å²) in [5.41, 5.74) is 0.882. The molecule has 19 heavy (non-hydrogen) atoms. The molecule has 0 atom stereocenters. The van der Waals surface area contributed by atoms with Crippen LogP contribution in [0.15, 0.2) is 28.9 Å². The molecule has 0 amide bonds. The number of aryl methyl sites for hydroxylation is 1. The molecular formula is C13H12BrFN2O2. The van der Waals surface area contributed by atoms with Crippen molar-refractivity contribution in [3.8, 4) is 11.3 Å². The van der Waals surface area contributed by atoms with Gasteiger partial charge in [-0.15, -0.1) is 0 Å². The lowest BCUT2D eigenvalue weighted by molar-refractivity contribution is -0.137. The predicted molar refractivity (Wildman–Crippen MR) is 72.3 cm³/mol. The minimum absolute atomic E-state index is 0.00595. The van der Waals surface area contributed by atoms with E-state index in [-0.39, 0.29) is 12.2 Å². The smallest absolute Gasteiger partial charge is 0.303 e. The van der Waals surface area contributed by atoms with Crippen LogP contribution in [-0.2, 0) is 18.3 Å². The molecule has 0 aliphatic heterocycles. The van der Waals surface area contributed by atoms with Crippen LogP contribution in [0.1, 0.15) is 12.2 Å². The Balaban J connectivity index is 2.40. The van der Waals surface area contributed by atoms with Gasteiger partial charge in [0.05, 0.1) is 6.42 Å². The number of hydrogen-bond acceptors (Lipinski definition) is 2. The van der Waals surface area contributed by atoms with Gasteiger partial charge in [0, 0.05) is 19.0 Å². The molecule has 2 aromatic rings. The van der Waals surface area contributed by atoms with E-state index in [4.69, 9.17) is 5.11 Å². The summed E-state index contributed by atoms with van der Waals surface area (Å²) in [6.07, 6.45) is 0.299. The van der Waals surface area contributed by atoms with E-state index in [2.05, 4.69) is 20.9 Å². The Morgan fingerprint density at radius 1 is 1.47 bits per heavy atom. The lowest BCUT2D eigenvalue weighted by Gasteiger charge is -2.00. The third-order valence-electron chi connectivity index (χ3n) is 2.81. The molecule has 0 bridgehead atoms. The topological polar surface area (TPSA) is 55.1 Å². The van der Waals surface area contributed by atoms with Crippen molar-refractivity contribution < 1.29 is 14.3 Å². The van der Waals surface area contributed by atoms with Crippen molar-refractivity contribution in [3.63, 3.8) is 0 Å². The van der Waals surface area contributed by atoms with Gasteiger partial charge in [0.1, 0.15) is 21.9 Å².